The fraction of sp³-hybridized carbons (Fsp3) is 0.263. The summed E-state index contributed by atoms with van der Waals surface area (Å²) < 4.78 is 25.9. The molecule has 0 saturated heterocycles. The summed E-state index contributed by atoms with van der Waals surface area (Å²) in [6, 6.07) is 12.0. The van der Waals surface area contributed by atoms with Gasteiger partial charge in [0.15, 0.2) is 5.69 Å². The van der Waals surface area contributed by atoms with Crippen molar-refractivity contribution in [2.75, 3.05) is 18.8 Å². The molecule has 1 unspecified atom stereocenters. The number of benzene rings is 1. The molecular weight excluding hydrogens is 352 g/mol. The molecule has 25 heavy (non-hydrogen) atoms. The Labute approximate surface area is 153 Å². The zero-order valence-electron chi connectivity index (χ0n) is 14.3. The Morgan fingerprint density at radius 3 is 2.76 bits per heavy atom. The molecule has 1 atom stereocenters. The van der Waals surface area contributed by atoms with Crippen LogP contribution >= 0.6 is 11.3 Å². The quantitative estimate of drug-likeness (QED) is 0.787. The minimum atomic E-state index is -3.40. The molecule has 0 bridgehead atoms. The van der Waals surface area contributed by atoms with Gasteiger partial charge in [-0.2, -0.15) is 12.3 Å². The first-order valence-electron chi connectivity index (χ1n) is 8.31. The lowest BCUT2D eigenvalue weighted by atomic mass is 10.1. The summed E-state index contributed by atoms with van der Waals surface area (Å²) in [4.78, 5) is 1.26. The van der Waals surface area contributed by atoms with Crippen molar-refractivity contribution < 1.29 is 8.42 Å². The molecule has 0 radical (unpaired) electrons. The Balaban J connectivity index is 2.09. The summed E-state index contributed by atoms with van der Waals surface area (Å²) in [6.45, 7) is 2.41. The highest BCUT2D eigenvalue weighted by atomic mass is 32.2. The lowest BCUT2D eigenvalue weighted by Crippen LogP contribution is -2.51. The standard InChI is InChI=1S/C19H23N2O2S2/c1-2-25(22,23)21(10-4-7-17(14-20)15-21)18-8-3-6-16(12-18)13-19-9-5-11-24-19/h3-9,11-12,15H,2,10,13-14,20H2,1H3/q+1. The van der Waals surface area contributed by atoms with Crippen molar-refractivity contribution in [2.24, 2.45) is 5.73 Å². The van der Waals surface area contributed by atoms with Crippen LogP contribution in [0.4, 0.5) is 5.69 Å². The maximum absolute atomic E-state index is 13.0. The van der Waals surface area contributed by atoms with Crippen LogP contribution in [0, 0.1) is 0 Å². The third-order valence-corrected chi connectivity index (χ3v) is 7.55. The Kier molecular flexibility index (Phi) is 5.24. The first kappa shape index (κ1) is 18.1. The molecule has 0 fully saturated rings. The number of hydrogen-bond acceptors (Lipinski definition) is 4. The molecule has 0 aliphatic carbocycles. The normalized spacial score (nSPS) is 20.5. The minimum Gasteiger partial charge on any atom is -0.326 e. The van der Waals surface area contributed by atoms with Gasteiger partial charge in [0, 0.05) is 35.5 Å². The van der Waals surface area contributed by atoms with Crippen LogP contribution in [0.3, 0.4) is 0 Å². The molecule has 1 aliphatic heterocycles. The average Bonchev–Trinajstić information content (AvgIpc) is 3.14. The number of nitrogens with two attached hydrogens (primary N) is 1. The van der Waals surface area contributed by atoms with Crippen molar-refractivity contribution in [3.63, 3.8) is 0 Å². The predicted octanol–water partition coefficient (Wildman–Crippen LogP) is 3.41. The Morgan fingerprint density at radius 2 is 2.08 bits per heavy atom. The third kappa shape index (κ3) is 3.48. The van der Waals surface area contributed by atoms with E-state index in [9.17, 15) is 8.42 Å². The van der Waals surface area contributed by atoms with Crippen LogP contribution in [0.2, 0.25) is 0 Å². The van der Waals surface area contributed by atoms with Gasteiger partial charge in [-0.05, 0) is 30.0 Å². The molecule has 1 aromatic carbocycles. The highest BCUT2D eigenvalue weighted by Crippen LogP contribution is 2.33. The van der Waals surface area contributed by atoms with Crippen molar-refractivity contribution in [3.05, 3.63) is 76.1 Å². The SMILES string of the molecule is CCS(=O)(=O)[N+]1(c2cccc(Cc3cccs3)c2)C=C(CN)C=CC1. The third-order valence-electron chi connectivity index (χ3n) is 4.49. The van der Waals surface area contributed by atoms with E-state index in [0.717, 1.165) is 23.2 Å². The van der Waals surface area contributed by atoms with Gasteiger partial charge in [-0.3, -0.25) is 0 Å². The topological polar surface area (TPSA) is 60.2 Å². The molecule has 0 amide bonds. The summed E-state index contributed by atoms with van der Waals surface area (Å²) in [5.74, 6) is 0.0738. The van der Waals surface area contributed by atoms with Crippen LogP contribution in [-0.2, 0) is 16.4 Å². The summed E-state index contributed by atoms with van der Waals surface area (Å²) in [5, 5.41) is 2.06. The molecule has 2 N–H and O–H groups in total. The van der Waals surface area contributed by atoms with E-state index < -0.39 is 10.0 Å². The second-order valence-electron chi connectivity index (χ2n) is 6.09. The van der Waals surface area contributed by atoms with Gasteiger partial charge < -0.3 is 5.73 Å². The Hall–Kier alpha value is -1.73. The number of quaternary nitrogens is 1. The van der Waals surface area contributed by atoms with Gasteiger partial charge in [0.05, 0.1) is 5.75 Å². The van der Waals surface area contributed by atoms with Gasteiger partial charge in [0.1, 0.15) is 12.7 Å². The van der Waals surface area contributed by atoms with Crippen molar-refractivity contribution in [2.45, 2.75) is 13.3 Å². The predicted molar refractivity (Wildman–Crippen MR) is 106 cm³/mol. The molecular formula is C19H23N2O2S2+. The van der Waals surface area contributed by atoms with E-state index in [0.29, 0.717) is 13.1 Å². The number of nitrogens with zero attached hydrogens (tertiary/aromatic N) is 1. The van der Waals surface area contributed by atoms with Gasteiger partial charge in [0.25, 0.3) is 0 Å². The lowest BCUT2D eigenvalue weighted by molar-refractivity contribution is 0.511. The van der Waals surface area contributed by atoms with Gasteiger partial charge in [-0.15, -0.1) is 11.3 Å². The van der Waals surface area contributed by atoms with Crippen LogP contribution in [-0.4, -0.2) is 27.3 Å². The molecule has 1 aliphatic rings. The Morgan fingerprint density at radius 1 is 1.24 bits per heavy atom. The Bertz CT molecular complexity index is 899. The van der Waals surface area contributed by atoms with E-state index >= 15 is 0 Å². The van der Waals surface area contributed by atoms with Crippen molar-refractivity contribution >= 4 is 27.0 Å². The molecule has 132 valence electrons. The van der Waals surface area contributed by atoms with E-state index in [2.05, 4.69) is 11.4 Å². The monoisotopic (exact) mass is 375 g/mol. The van der Waals surface area contributed by atoms with Gasteiger partial charge >= 0.3 is 10.0 Å². The molecule has 0 saturated carbocycles. The van der Waals surface area contributed by atoms with Crippen LogP contribution in [0.15, 0.2) is 65.7 Å². The maximum Gasteiger partial charge on any atom is 0.306 e. The van der Waals surface area contributed by atoms with E-state index in [1.54, 1.807) is 24.5 Å². The summed E-state index contributed by atoms with van der Waals surface area (Å²) in [5.41, 5.74) is 8.51. The van der Waals surface area contributed by atoms with Crippen LogP contribution in [0.1, 0.15) is 17.4 Å². The fourth-order valence-corrected chi connectivity index (χ4v) is 5.37. The van der Waals surface area contributed by atoms with E-state index in [-0.39, 0.29) is 9.64 Å². The van der Waals surface area contributed by atoms with Gasteiger partial charge in [-0.25, -0.2) is 0 Å². The summed E-state index contributed by atoms with van der Waals surface area (Å²) in [6.07, 6.45) is 6.42. The number of thiophene rings is 1. The van der Waals surface area contributed by atoms with E-state index in [4.69, 9.17) is 5.73 Å². The molecule has 2 heterocycles. The highest BCUT2D eigenvalue weighted by Gasteiger charge is 2.42. The second kappa shape index (κ2) is 7.25. The number of sulfonamides is 1. The molecule has 4 nitrogen and oxygen atoms in total. The van der Waals surface area contributed by atoms with E-state index in [1.165, 1.54) is 4.88 Å². The molecule has 2 aromatic rings. The molecule has 1 aromatic heterocycles. The van der Waals surface area contributed by atoms with Crippen LogP contribution in [0.25, 0.3) is 0 Å². The molecule has 6 heteroatoms. The first-order chi connectivity index (χ1) is 12.0. The fourth-order valence-electron chi connectivity index (χ4n) is 3.13. The lowest BCUT2D eigenvalue weighted by Gasteiger charge is -2.34. The van der Waals surface area contributed by atoms with Crippen molar-refractivity contribution in [1.29, 1.82) is 0 Å². The largest absolute Gasteiger partial charge is 0.326 e. The first-order valence-corrected chi connectivity index (χ1v) is 10.8. The summed E-state index contributed by atoms with van der Waals surface area (Å²) in [7, 11) is -3.40. The molecule has 3 rings (SSSR count). The zero-order valence-corrected chi connectivity index (χ0v) is 15.9. The molecule has 0 spiro atoms. The summed E-state index contributed by atoms with van der Waals surface area (Å²) >= 11 is 1.71. The second-order valence-corrected chi connectivity index (χ2v) is 9.51. The van der Waals surface area contributed by atoms with Gasteiger partial charge in [0.2, 0.25) is 0 Å². The van der Waals surface area contributed by atoms with Crippen LogP contribution in [0.5, 0.6) is 0 Å². The minimum absolute atomic E-state index is 0.0738. The smallest absolute Gasteiger partial charge is 0.306 e. The number of rotatable bonds is 6. The number of hydrogen-bond donors (Lipinski definition) is 1. The average molecular weight is 376 g/mol. The van der Waals surface area contributed by atoms with Crippen LogP contribution < -0.4 is 9.62 Å². The van der Waals surface area contributed by atoms with Crippen molar-refractivity contribution in [3.8, 4) is 0 Å². The maximum atomic E-state index is 13.0. The van der Waals surface area contributed by atoms with Gasteiger partial charge in [-0.1, -0.05) is 24.3 Å². The van der Waals surface area contributed by atoms with E-state index in [1.807, 2.05) is 42.5 Å². The zero-order chi connectivity index (χ0) is 17.9. The van der Waals surface area contributed by atoms with Crippen molar-refractivity contribution in [1.82, 2.24) is 3.89 Å². The highest BCUT2D eigenvalue weighted by molar-refractivity contribution is 7.91.